The van der Waals surface area contributed by atoms with Crippen molar-refractivity contribution in [3.8, 4) is 0 Å². The molecule has 0 bridgehead atoms. The van der Waals surface area contributed by atoms with E-state index in [-0.39, 0.29) is 0 Å². The molecule has 3 aromatic heterocycles. The molecule has 0 saturated carbocycles. The van der Waals surface area contributed by atoms with Gasteiger partial charge in [0, 0.05) is 23.7 Å². The summed E-state index contributed by atoms with van der Waals surface area (Å²) in [7, 11) is 2.09. The van der Waals surface area contributed by atoms with Crippen LogP contribution in [0.25, 0.3) is 11.2 Å². The first-order chi connectivity index (χ1) is 11.6. The van der Waals surface area contributed by atoms with Crippen LogP contribution in [0.3, 0.4) is 0 Å². The zero-order chi connectivity index (χ0) is 17.1. The highest BCUT2D eigenvalue weighted by molar-refractivity contribution is 7.11. The number of rotatable bonds is 7. The van der Waals surface area contributed by atoms with Crippen molar-refractivity contribution in [3.05, 3.63) is 28.7 Å². The lowest BCUT2D eigenvalue weighted by molar-refractivity contribution is 0.265. The van der Waals surface area contributed by atoms with Gasteiger partial charge in [0.25, 0.3) is 0 Å². The molecule has 8 heteroatoms. The number of hydrogen-bond donors (Lipinski definition) is 1. The number of nitrogens with zero attached hydrogens (tertiary/aromatic N) is 6. The molecule has 3 aromatic rings. The molecule has 3 rings (SSSR count). The van der Waals surface area contributed by atoms with E-state index in [1.165, 1.54) is 9.88 Å². The maximum atomic E-state index is 4.49. The van der Waals surface area contributed by atoms with Gasteiger partial charge in [0.2, 0.25) is 0 Å². The van der Waals surface area contributed by atoms with Crippen LogP contribution in [-0.4, -0.2) is 42.5 Å². The van der Waals surface area contributed by atoms with E-state index in [0.29, 0.717) is 12.7 Å². The van der Waals surface area contributed by atoms with E-state index >= 15 is 0 Å². The van der Waals surface area contributed by atoms with E-state index in [9.17, 15) is 0 Å². The number of imidazole rings is 1. The van der Waals surface area contributed by atoms with Gasteiger partial charge >= 0.3 is 0 Å². The fourth-order valence-corrected chi connectivity index (χ4v) is 3.47. The summed E-state index contributed by atoms with van der Waals surface area (Å²) in [5, 5.41) is 4.50. The van der Waals surface area contributed by atoms with Crippen molar-refractivity contribution in [1.82, 2.24) is 29.4 Å². The van der Waals surface area contributed by atoms with Gasteiger partial charge < -0.3 is 9.88 Å². The predicted octanol–water partition coefficient (Wildman–Crippen LogP) is 2.76. The SMILES string of the molecule is CCc1ncc(CN(C)Cn2cnc3c(NC(C)C)ncnc32)s1. The highest BCUT2D eigenvalue weighted by atomic mass is 32.1. The molecular weight excluding hydrogens is 322 g/mol. The Labute approximate surface area is 145 Å². The summed E-state index contributed by atoms with van der Waals surface area (Å²) in [6, 6.07) is 0.301. The third kappa shape index (κ3) is 3.70. The molecule has 0 unspecified atom stereocenters. The lowest BCUT2D eigenvalue weighted by Gasteiger charge is -2.16. The number of aromatic nitrogens is 5. The fraction of sp³-hybridized carbons (Fsp3) is 0.500. The highest BCUT2D eigenvalue weighted by Gasteiger charge is 2.12. The first kappa shape index (κ1) is 16.8. The van der Waals surface area contributed by atoms with Crippen LogP contribution in [0.1, 0.15) is 30.7 Å². The molecule has 0 saturated heterocycles. The van der Waals surface area contributed by atoms with E-state index in [2.05, 4.69) is 58.0 Å². The van der Waals surface area contributed by atoms with Crippen LogP contribution in [0.4, 0.5) is 5.82 Å². The van der Waals surface area contributed by atoms with E-state index < -0.39 is 0 Å². The average Bonchev–Trinajstić information content (AvgIpc) is 3.15. The second kappa shape index (κ2) is 7.23. The van der Waals surface area contributed by atoms with Gasteiger partial charge in [-0.25, -0.2) is 19.9 Å². The number of nitrogens with one attached hydrogen (secondary N) is 1. The quantitative estimate of drug-likeness (QED) is 0.710. The van der Waals surface area contributed by atoms with Gasteiger partial charge in [-0.3, -0.25) is 4.90 Å². The van der Waals surface area contributed by atoms with Crippen LogP contribution in [0.5, 0.6) is 0 Å². The van der Waals surface area contributed by atoms with Crippen LogP contribution < -0.4 is 5.32 Å². The molecule has 7 nitrogen and oxygen atoms in total. The maximum absolute atomic E-state index is 4.49. The molecule has 0 aliphatic heterocycles. The molecule has 0 fully saturated rings. The van der Waals surface area contributed by atoms with Gasteiger partial charge in [-0.2, -0.15) is 0 Å². The Morgan fingerprint density at radius 3 is 2.79 bits per heavy atom. The highest BCUT2D eigenvalue weighted by Crippen LogP contribution is 2.19. The minimum Gasteiger partial charge on any atom is -0.366 e. The van der Waals surface area contributed by atoms with Crippen LogP contribution >= 0.6 is 11.3 Å². The van der Waals surface area contributed by atoms with E-state index in [4.69, 9.17) is 0 Å². The first-order valence-corrected chi connectivity index (χ1v) is 8.93. The second-order valence-electron chi connectivity index (χ2n) is 6.14. The zero-order valence-electron chi connectivity index (χ0n) is 14.5. The lowest BCUT2D eigenvalue weighted by atomic mass is 10.4. The normalized spacial score (nSPS) is 11.8. The number of fused-ring (bicyclic) bond motifs is 1. The molecule has 0 spiro atoms. The van der Waals surface area contributed by atoms with Gasteiger partial charge in [-0.15, -0.1) is 11.3 Å². The molecule has 24 heavy (non-hydrogen) atoms. The Bertz CT molecular complexity index is 808. The Kier molecular flexibility index (Phi) is 5.06. The van der Waals surface area contributed by atoms with Crippen molar-refractivity contribution in [3.63, 3.8) is 0 Å². The molecular formula is C16H23N7S. The summed E-state index contributed by atoms with van der Waals surface area (Å²) in [6.45, 7) is 7.87. The van der Waals surface area contributed by atoms with Crippen LogP contribution in [0, 0.1) is 0 Å². The van der Waals surface area contributed by atoms with Gasteiger partial charge in [0.15, 0.2) is 11.5 Å². The number of aryl methyl sites for hydroxylation is 1. The van der Waals surface area contributed by atoms with Crippen molar-refractivity contribution in [2.24, 2.45) is 0 Å². The topological polar surface area (TPSA) is 71.8 Å². The third-order valence-electron chi connectivity index (χ3n) is 3.55. The average molecular weight is 345 g/mol. The molecule has 0 aromatic carbocycles. The minimum absolute atomic E-state index is 0.301. The minimum atomic E-state index is 0.301. The van der Waals surface area contributed by atoms with Crippen molar-refractivity contribution in [1.29, 1.82) is 0 Å². The third-order valence-corrected chi connectivity index (χ3v) is 4.68. The molecule has 0 amide bonds. The molecule has 0 aliphatic carbocycles. The summed E-state index contributed by atoms with van der Waals surface area (Å²) < 4.78 is 2.05. The molecule has 128 valence electrons. The summed E-state index contributed by atoms with van der Waals surface area (Å²) in [5.74, 6) is 0.784. The molecule has 1 N–H and O–H groups in total. The Hall–Kier alpha value is -2.06. The first-order valence-electron chi connectivity index (χ1n) is 8.11. The number of thiazole rings is 1. The Balaban J connectivity index is 1.75. The Morgan fingerprint density at radius 1 is 1.25 bits per heavy atom. The van der Waals surface area contributed by atoms with Crippen molar-refractivity contribution >= 4 is 28.3 Å². The standard InChI is InChI=1S/C16H23N7S/c1-5-13-17-6-12(24-13)7-22(4)10-23-9-20-14-15(21-11(2)3)18-8-19-16(14)23/h6,8-9,11H,5,7,10H2,1-4H3,(H,18,19,21). The summed E-state index contributed by atoms with van der Waals surface area (Å²) in [5.41, 5.74) is 1.66. The van der Waals surface area contributed by atoms with Crippen LogP contribution in [0.2, 0.25) is 0 Å². The molecule has 0 aliphatic rings. The molecule has 3 heterocycles. The monoisotopic (exact) mass is 345 g/mol. The van der Waals surface area contributed by atoms with Crippen molar-refractivity contribution < 1.29 is 0 Å². The largest absolute Gasteiger partial charge is 0.366 e. The fourth-order valence-electron chi connectivity index (χ4n) is 2.52. The van der Waals surface area contributed by atoms with Crippen molar-refractivity contribution in [2.75, 3.05) is 12.4 Å². The van der Waals surface area contributed by atoms with E-state index in [1.54, 1.807) is 17.7 Å². The van der Waals surface area contributed by atoms with Crippen LogP contribution in [-0.2, 0) is 19.6 Å². The maximum Gasteiger partial charge on any atom is 0.166 e. The molecule has 0 atom stereocenters. The summed E-state index contributed by atoms with van der Waals surface area (Å²) in [6.07, 6.45) is 6.37. The molecule has 0 radical (unpaired) electrons. The van der Waals surface area contributed by atoms with Crippen molar-refractivity contribution in [2.45, 2.75) is 46.4 Å². The summed E-state index contributed by atoms with van der Waals surface area (Å²) in [4.78, 5) is 21.1. The van der Waals surface area contributed by atoms with Gasteiger partial charge in [0.05, 0.1) is 18.0 Å². The lowest BCUT2D eigenvalue weighted by Crippen LogP contribution is -2.21. The number of anilines is 1. The Morgan fingerprint density at radius 2 is 2.08 bits per heavy atom. The second-order valence-corrected chi connectivity index (χ2v) is 7.34. The van der Waals surface area contributed by atoms with E-state index in [0.717, 1.165) is 29.9 Å². The van der Waals surface area contributed by atoms with Gasteiger partial charge in [-0.1, -0.05) is 6.92 Å². The zero-order valence-corrected chi connectivity index (χ0v) is 15.3. The van der Waals surface area contributed by atoms with E-state index in [1.807, 2.05) is 17.1 Å². The summed E-state index contributed by atoms with van der Waals surface area (Å²) >= 11 is 1.77. The van der Waals surface area contributed by atoms with Crippen LogP contribution in [0.15, 0.2) is 18.9 Å². The van der Waals surface area contributed by atoms with Gasteiger partial charge in [-0.05, 0) is 27.3 Å². The predicted molar refractivity (Wildman–Crippen MR) is 97.0 cm³/mol. The van der Waals surface area contributed by atoms with Gasteiger partial charge in [0.1, 0.15) is 11.8 Å². The smallest absolute Gasteiger partial charge is 0.166 e. The number of hydrogen-bond acceptors (Lipinski definition) is 7.